The van der Waals surface area contributed by atoms with E-state index in [9.17, 15) is 19.2 Å². The van der Waals surface area contributed by atoms with E-state index in [0.717, 1.165) is 5.56 Å². The molecule has 10 nitrogen and oxygen atoms in total. The fraction of sp³-hybridized carbons (Fsp3) is 0.625. The van der Waals surface area contributed by atoms with Crippen LogP contribution in [-0.2, 0) is 42.9 Å². The highest BCUT2D eigenvalue weighted by atomic mass is 16.6. The van der Waals surface area contributed by atoms with Crippen LogP contribution >= 0.6 is 0 Å². The molecule has 3 fully saturated rings. The molecule has 0 amide bonds. The summed E-state index contributed by atoms with van der Waals surface area (Å²) in [6.07, 6.45) is 4.72. The second-order valence-corrected chi connectivity index (χ2v) is 12.9. The van der Waals surface area contributed by atoms with Crippen molar-refractivity contribution in [3.63, 3.8) is 0 Å². The van der Waals surface area contributed by atoms with E-state index in [1.54, 1.807) is 39.4 Å². The first-order valence-corrected chi connectivity index (χ1v) is 14.4. The number of furan rings is 1. The Morgan fingerprint density at radius 2 is 1.83 bits per heavy atom. The standard InChI is InChI=1S/C32H40O10/c1-9-23(34)40-28-27(39-18(3)33)26(30(6)12-10-24(35)42-29(4,5)21(30)15-25(36)37-8)17(2)32-22(41-32)14-20(31(28,32)7)19-11-13-38-16-19/h10-13,16,20-22,26-28H,2,9,14-15H2,1,3-8H3/t20-,21-,22+,26+,27+,28-,30+,31+,32+/m0/s1. The molecule has 4 aliphatic rings. The van der Waals surface area contributed by atoms with Crippen molar-refractivity contribution in [3.05, 3.63) is 48.5 Å². The van der Waals surface area contributed by atoms with E-state index in [0.29, 0.717) is 12.0 Å². The maximum atomic E-state index is 13.1. The molecule has 0 N–H and O–H groups in total. The normalized spacial score (nSPS) is 39.8. The van der Waals surface area contributed by atoms with Crippen molar-refractivity contribution in [2.45, 2.75) is 96.2 Å². The van der Waals surface area contributed by atoms with Gasteiger partial charge in [0.1, 0.15) is 23.4 Å². The molecule has 1 aromatic rings. The molecular weight excluding hydrogens is 544 g/mol. The smallest absolute Gasteiger partial charge is 0.330 e. The van der Waals surface area contributed by atoms with Gasteiger partial charge in [0.25, 0.3) is 0 Å². The molecule has 1 saturated heterocycles. The zero-order chi connectivity index (χ0) is 30.8. The summed E-state index contributed by atoms with van der Waals surface area (Å²) in [6, 6.07) is 1.88. The Labute approximate surface area is 245 Å². The van der Waals surface area contributed by atoms with Crippen LogP contribution in [0.4, 0.5) is 0 Å². The van der Waals surface area contributed by atoms with Crippen molar-refractivity contribution < 1.29 is 47.3 Å². The minimum absolute atomic E-state index is 0.0974. The minimum atomic E-state index is -1.14. The Hall–Kier alpha value is -3.40. The van der Waals surface area contributed by atoms with Gasteiger partial charge in [0.15, 0.2) is 0 Å². The minimum Gasteiger partial charge on any atom is -0.472 e. The van der Waals surface area contributed by atoms with Gasteiger partial charge in [-0.1, -0.05) is 33.4 Å². The number of esters is 4. The number of methoxy groups -OCH3 is 1. The molecule has 42 heavy (non-hydrogen) atoms. The summed E-state index contributed by atoms with van der Waals surface area (Å²) in [7, 11) is 1.30. The van der Waals surface area contributed by atoms with Gasteiger partial charge in [-0.15, -0.1) is 0 Å². The Bertz CT molecular complexity index is 1330. The summed E-state index contributed by atoms with van der Waals surface area (Å²) < 4.78 is 35.2. The quantitative estimate of drug-likeness (QED) is 0.196. The Morgan fingerprint density at radius 3 is 2.43 bits per heavy atom. The summed E-state index contributed by atoms with van der Waals surface area (Å²) in [6.45, 7) is 15.0. The molecule has 3 heterocycles. The van der Waals surface area contributed by atoms with E-state index < -0.39 is 70.0 Å². The van der Waals surface area contributed by atoms with Crippen molar-refractivity contribution in [1.82, 2.24) is 0 Å². The van der Waals surface area contributed by atoms with Crippen molar-refractivity contribution in [2.75, 3.05) is 7.11 Å². The van der Waals surface area contributed by atoms with E-state index in [-0.39, 0.29) is 24.9 Å². The van der Waals surface area contributed by atoms with E-state index in [2.05, 4.69) is 6.58 Å². The van der Waals surface area contributed by atoms with Crippen LogP contribution in [0, 0.1) is 22.7 Å². The molecule has 2 saturated carbocycles. The summed E-state index contributed by atoms with van der Waals surface area (Å²) in [5.74, 6) is -3.63. The molecule has 0 radical (unpaired) electrons. The molecule has 9 atom stereocenters. The molecule has 228 valence electrons. The zero-order valence-corrected chi connectivity index (χ0v) is 25.3. The maximum Gasteiger partial charge on any atom is 0.330 e. The van der Waals surface area contributed by atoms with Crippen LogP contribution in [0.3, 0.4) is 0 Å². The van der Waals surface area contributed by atoms with Gasteiger partial charge in [-0.05, 0) is 37.5 Å². The number of hydrogen-bond acceptors (Lipinski definition) is 10. The molecule has 0 aromatic carbocycles. The van der Waals surface area contributed by atoms with Gasteiger partial charge in [-0.25, -0.2) is 4.79 Å². The molecule has 2 aliphatic heterocycles. The summed E-state index contributed by atoms with van der Waals surface area (Å²) in [5, 5.41) is 0. The van der Waals surface area contributed by atoms with Crippen molar-refractivity contribution in [3.8, 4) is 0 Å². The van der Waals surface area contributed by atoms with Gasteiger partial charge in [0.05, 0.1) is 37.6 Å². The third-order valence-corrected chi connectivity index (χ3v) is 10.4. The molecule has 10 heteroatoms. The number of carbonyl (C=O) groups excluding carboxylic acids is 4. The SMILES string of the molecule is C=C1[C@@H]([C@]2(C)C=CC(=O)OC(C)(C)[C@@H]2CC(=O)OC)[C@@H](OC(C)=O)[C@H](OC(=O)CC)[C@@]2(C)[C@H](c3ccoc3)C[C@H]3O[C@]132. The number of allylic oxidation sites excluding steroid dienone is 1. The first-order valence-electron chi connectivity index (χ1n) is 14.4. The number of epoxide rings is 1. The molecule has 1 spiro atoms. The second kappa shape index (κ2) is 10.1. The predicted molar refractivity (Wildman–Crippen MR) is 148 cm³/mol. The maximum absolute atomic E-state index is 13.1. The third kappa shape index (κ3) is 4.24. The van der Waals surface area contributed by atoms with E-state index in [1.165, 1.54) is 20.1 Å². The van der Waals surface area contributed by atoms with Gasteiger partial charge in [0, 0.05) is 42.6 Å². The monoisotopic (exact) mass is 584 g/mol. The van der Waals surface area contributed by atoms with Crippen molar-refractivity contribution >= 4 is 23.9 Å². The van der Waals surface area contributed by atoms with E-state index in [4.69, 9.17) is 28.1 Å². The van der Waals surface area contributed by atoms with Gasteiger partial charge < -0.3 is 28.1 Å². The van der Waals surface area contributed by atoms with Gasteiger partial charge in [-0.3, -0.25) is 14.4 Å². The Kier molecular flexibility index (Phi) is 7.23. The number of carbonyl (C=O) groups is 4. The highest BCUT2D eigenvalue weighted by Gasteiger charge is 2.84. The number of rotatable bonds is 7. The lowest BCUT2D eigenvalue weighted by Crippen LogP contribution is -2.66. The largest absolute Gasteiger partial charge is 0.472 e. The van der Waals surface area contributed by atoms with Gasteiger partial charge in [0.2, 0.25) is 0 Å². The molecule has 2 aliphatic carbocycles. The summed E-state index contributed by atoms with van der Waals surface area (Å²) >= 11 is 0. The van der Waals surface area contributed by atoms with E-state index in [1.807, 2.05) is 19.9 Å². The number of hydrogen-bond donors (Lipinski definition) is 0. The van der Waals surface area contributed by atoms with Crippen molar-refractivity contribution in [1.29, 1.82) is 0 Å². The third-order valence-electron chi connectivity index (χ3n) is 10.4. The first-order chi connectivity index (χ1) is 19.7. The second-order valence-electron chi connectivity index (χ2n) is 12.9. The predicted octanol–water partition coefficient (Wildman–Crippen LogP) is 4.43. The van der Waals surface area contributed by atoms with E-state index >= 15 is 0 Å². The van der Waals surface area contributed by atoms with Crippen LogP contribution in [0.25, 0.3) is 0 Å². The lowest BCUT2D eigenvalue weighted by Gasteiger charge is -2.58. The highest BCUT2D eigenvalue weighted by Crippen LogP contribution is 2.76. The zero-order valence-electron chi connectivity index (χ0n) is 25.3. The van der Waals surface area contributed by atoms with Crippen LogP contribution in [0.1, 0.15) is 72.3 Å². The molecule has 5 rings (SSSR count). The molecule has 1 aromatic heterocycles. The number of ether oxygens (including phenoxy) is 5. The average molecular weight is 585 g/mol. The summed E-state index contributed by atoms with van der Waals surface area (Å²) in [4.78, 5) is 51.5. The van der Waals surface area contributed by atoms with Crippen LogP contribution in [0.15, 0.2) is 47.3 Å². The Morgan fingerprint density at radius 1 is 1.12 bits per heavy atom. The molecular formula is C32H40O10. The lowest BCUT2D eigenvalue weighted by atomic mass is 9.48. The van der Waals surface area contributed by atoms with Gasteiger partial charge >= 0.3 is 23.9 Å². The topological polar surface area (TPSA) is 131 Å². The fourth-order valence-electron chi connectivity index (χ4n) is 8.51. The molecule has 0 unspecified atom stereocenters. The summed E-state index contributed by atoms with van der Waals surface area (Å²) in [5.41, 5.74) is -2.45. The fourth-order valence-corrected chi connectivity index (χ4v) is 8.51. The van der Waals surface area contributed by atoms with Crippen LogP contribution in [0.2, 0.25) is 0 Å². The average Bonchev–Trinajstić information content (AvgIpc) is 3.29. The number of cyclic esters (lactones) is 1. The highest BCUT2D eigenvalue weighted by molar-refractivity contribution is 5.83. The first kappa shape index (κ1) is 30.1. The van der Waals surface area contributed by atoms with Crippen LogP contribution in [-0.4, -0.2) is 60.5 Å². The Balaban J connectivity index is 1.75. The van der Waals surface area contributed by atoms with Gasteiger partial charge in [-0.2, -0.15) is 0 Å². The molecule has 0 bridgehead atoms. The van der Waals surface area contributed by atoms with Crippen molar-refractivity contribution in [2.24, 2.45) is 22.7 Å². The van der Waals surface area contributed by atoms with Crippen LogP contribution < -0.4 is 0 Å². The lowest BCUT2D eigenvalue weighted by molar-refractivity contribution is -0.209. The van der Waals surface area contributed by atoms with Crippen LogP contribution in [0.5, 0.6) is 0 Å².